The van der Waals surface area contributed by atoms with Crippen LogP contribution in [0.25, 0.3) is 11.0 Å². The summed E-state index contributed by atoms with van der Waals surface area (Å²) in [7, 11) is -3.46. The Balaban J connectivity index is 2.47. The van der Waals surface area contributed by atoms with Gasteiger partial charge in [0, 0.05) is 0 Å². The zero-order valence-corrected chi connectivity index (χ0v) is 11.1. The molecule has 0 unspecified atom stereocenters. The molecule has 6 nitrogen and oxygen atoms in total. The second-order valence-corrected chi connectivity index (χ2v) is 5.34. The Labute approximate surface area is 105 Å². The maximum absolute atomic E-state index is 12.4. The molecule has 7 heteroatoms. The molecule has 0 fully saturated rings. The number of hydrogen-bond donors (Lipinski definition) is 0. The average Bonchev–Trinajstić information content (AvgIpc) is 2.39. The summed E-state index contributed by atoms with van der Waals surface area (Å²) in [5, 5.41) is 7.81. The lowest BCUT2D eigenvalue weighted by Gasteiger charge is -2.14. The zero-order valence-electron chi connectivity index (χ0n) is 10.2. The summed E-state index contributed by atoms with van der Waals surface area (Å²) >= 11 is 0. The molecule has 1 aromatic carbocycles. The summed E-state index contributed by atoms with van der Waals surface area (Å²) in [5.74, 6) is 0. The van der Waals surface area contributed by atoms with Crippen LogP contribution in [0.4, 0.5) is 0 Å². The van der Waals surface area contributed by atoms with E-state index in [1.807, 2.05) is 12.1 Å². The number of benzene rings is 1. The fourth-order valence-electron chi connectivity index (χ4n) is 1.48. The summed E-state index contributed by atoms with van der Waals surface area (Å²) in [5.41, 5.74) is 1.26. The molecule has 0 aliphatic heterocycles. The maximum atomic E-state index is 12.4. The summed E-state index contributed by atoms with van der Waals surface area (Å²) in [6.45, 7) is 3.99. The zero-order chi connectivity index (χ0) is 13.0. The fourth-order valence-corrected chi connectivity index (χ4v) is 2.85. The molecule has 0 saturated carbocycles. The van der Waals surface area contributed by atoms with E-state index in [2.05, 4.69) is 15.2 Å². The molecule has 0 aliphatic carbocycles. The highest BCUT2D eigenvalue weighted by molar-refractivity contribution is 7.61. The van der Waals surface area contributed by atoms with Crippen LogP contribution in [-0.4, -0.2) is 28.4 Å². The Kier molecular flexibility index (Phi) is 4.01. The Morgan fingerprint density at radius 1 is 1.06 bits per heavy atom. The van der Waals surface area contributed by atoms with Crippen LogP contribution in [0.5, 0.6) is 0 Å². The molecule has 1 aromatic heterocycles. The maximum Gasteiger partial charge on any atom is 0.400 e. The van der Waals surface area contributed by atoms with Crippen molar-refractivity contribution in [3.05, 3.63) is 24.3 Å². The van der Waals surface area contributed by atoms with Crippen LogP contribution in [0, 0.1) is 0 Å². The average molecular weight is 267 g/mol. The summed E-state index contributed by atoms with van der Waals surface area (Å²) < 4.78 is 22.8. The molecule has 0 bridgehead atoms. The summed E-state index contributed by atoms with van der Waals surface area (Å²) in [6.07, 6.45) is 0. The van der Waals surface area contributed by atoms with Gasteiger partial charge in [-0.25, -0.2) is 4.98 Å². The van der Waals surface area contributed by atoms with Crippen LogP contribution in [0.15, 0.2) is 24.3 Å². The smallest absolute Gasteiger partial charge is 0.303 e. The van der Waals surface area contributed by atoms with E-state index in [1.165, 1.54) is 0 Å². The van der Waals surface area contributed by atoms with E-state index >= 15 is 0 Å². The van der Waals surface area contributed by atoms with Crippen LogP contribution in [0.1, 0.15) is 13.8 Å². The largest absolute Gasteiger partial charge is 0.400 e. The predicted octanol–water partition coefficient (Wildman–Crippen LogP) is 1.92. The van der Waals surface area contributed by atoms with Gasteiger partial charge < -0.3 is 9.05 Å². The van der Waals surface area contributed by atoms with Gasteiger partial charge in [0.25, 0.3) is 5.57 Å². The first-order valence-corrected chi connectivity index (χ1v) is 7.23. The second-order valence-electron chi connectivity index (χ2n) is 3.43. The Hall–Kier alpha value is -1.36. The minimum atomic E-state index is -3.46. The first-order valence-electron chi connectivity index (χ1n) is 5.68. The molecule has 96 valence electrons. The fraction of sp³-hybridized carbons (Fsp3) is 0.364. The molecular formula is C11H14N3O3P. The van der Waals surface area contributed by atoms with Gasteiger partial charge in [-0.3, -0.25) is 4.57 Å². The number of fused-ring (bicyclic) bond motifs is 1. The number of rotatable bonds is 5. The minimum Gasteiger partial charge on any atom is -0.303 e. The molecule has 0 radical (unpaired) electrons. The highest BCUT2D eigenvalue weighted by Crippen LogP contribution is 2.45. The van der Waals surface area contributed by atoms with Crippen molar-refractivity contribution in [3.63, 3.8) is 0 Å². The lowest BCUT2D eigenvalue weighted by Crippen LogP contribution is -2.19. The number of aromatic nitrogens is 3. The molecule has 2 aromatic rings. The van der Waals surface area contributed by atoms with Gasteiger partial charge >= 0.3 is 7.60 Å². The van der Waals surface area contributed by atoms with Crippen LogP contribution in [0.2, 0.25) is 0 Å². The van der Waals surface area contributed by atoms with Gasteiger partial charge in [-0.1, -0.05) is 12.1 Å². The van der Waals surface area contributed by atoms with Gasteiger partial charge in [-0.2, -0.15) is 0 Å². The minimum absolute atomic E-state index is 0.00454. The third-order valence-electron chi connectivity index (χ3n) is 2.19. The quantitative estimate of drug-likeness (QED) is 0.770. The molecule has 0 saturated heterocycles. The van der Waals surface area contributed by atoms with Crippen LogP contribution in [0.3, 0.4) is 0 Å². The highest BCUT2D eigenvalue weighted by atomic mass is 31.2. The van der Waals surface area contributed by atoms with E-state index in [-0.39, 0.29) is 18.8 Å². The molecule has 18 heavy (non-hydrogen) atoms. The van der Waals surface area contributed by atoms with Crippen molar-refractivity contribution in [1.29, 1.82) is 0 Å². The first-order chi connectivity index (χ1) is 8.69. The molecule has 0 atom stereocenters. The van der Waals surface area contributed by atoms with Crippen LogP contribution in [-0.2, 0) is 13.6 Å². The van der Waals surface area contributed by atoms with Crippen molar-refractivity contribution in [2.75, 3.05) is 13.2 Å². The van der Waals surface area contributed by atoms with E-state index in [0.29, 0.717) is 11.0 Å². The third kappa shape index (κ3) is 2.56. The van der Waals surface area contributed by atoms with E-state index in [1.54, 1.807) is 26.0 Å². The Bertz CT molecular complexity index is 581. The molecule has 0 aliphatic rings. The molecule has 1 heterocycles. The van der Waals surface area contributed by atoms with Crippen LogP contribution >= 0.6 is 7.60 Å². The predicted molar refractivity (Wildman–Crippen MR) is 67.8 cm³/mol. The monoisotopic (exact) mass is 267 g/mol. The SMILES string of the molecule is CCOP(=O)(OCC)c1nnc2ccccc2n1. The molecule has 2 rings (SSSR count). The number of para-hydroxylation sites is 1. The molecule has 0 N–H and O–H groups in total. The lowest BCUT2D eigenvalue weighted by molar-refractivity contribution is 0.228. The topological polar surface area (TPSA) is 74.2 Å². The van der Waals surface area contributed by atoms with Crippen molar-refractivity contribution in [3.8, 4) is 0 Å². The van der Waals surface area contributed by atoms with E-state index in [9.17, 15) is 4.57 Å². The number of hydrogen-bond acceptors (Lipinski definition) is 6. The van der Waals surface area contributed by atoms with Gasteiger partial charge in [0.2, 0.25) is 0 Å². The molecule has 0 amide bonds. The molecule has 0 spiro atoms. The number of nitrogens with zero attached hydrogens (tertiary/aromatic N) is 3. The van der Waals surface area contributed by atoms with Crippen molar-refractivity contribution in [1.82, 2.24) is 15.2 Å². The van der Waals surface area contributed by atoms with Gasteiger partial charge in [-0.05, 0) is 26.0 Å². The van der Waals surface area contributed by atoms with Gasteiger partial charge in [0.1, 0.15) is 5.52 Å². The van der Waals surface area contributed by atoms with Crippen molar-refractivity contribution >= 4 is 24.2 Å². The normalized spacial score (nSPS) is 11.9. The standard InChI is InChI=1S/C11H14N3O3P/c1-3-16-18(15,17-4-2)11-12-9-7-5-6-8-10(9)13-14-11/h5-8H,3-4H2,1-2H3. The Morgan fingerprint density at radius 2 is 1.67 bits per heavy atom. The highest BCUT2D eigenvalue weighted by Gasteiger charge is 2.31. The van der Waals surface area contributed by atoms with Gasteiger partial charge in [-0.15, -0.1) is 10.2 Å². The van der Waals surface area contributed by atoms with Crippen LogP contribution < -0.4 is 5.57 Å². The Morgan fingerprint density at radius 3 is 2.28 bits per heavy atom. The van der Waals surface area contributed by atoms with E-state index in [4.69, 9.17) is 9.05 Å². The van der Waals surface area contributed by atoms with Gasteiger partial charge in [0.15, 0.2) is 0 Å². The van der Waals surface area contributed by atoms with Crippen molar-refractivity contribution in [2.24, 2.45) is 0 Å². The van der Waals surface area contributed by atoms with Crippen molar-refractivity contribution < 1.29 is 13.6 Å². The summed E-state index contributed by atoms with van der Waals surface area (Å²) in [4.78, 5) is 4.20. The molecular weight excluding hydrogens is 253 g/mol. The second kappa shape index (κ2) is 5.52. The van der Waals surface area contributed by atoms with Crippen molar-refractivity contribution in [2.45, 2.75) is 13.8 Å². The third-order valence-corrected chi connectivity index (χ3v) is 4.07. The first kappa shape index (κ1) is 13.1. The van der Waals surface area contributed by atoms with Gasteiger partial charge in [0.05, 0.1) is 18.7 Å². The summed E-state index contributed by atoms with van der Waals surface area (Å²) in [6, 6.07) is 7.22. The lowest BCUT2D eigenvalue weighted by atomic mass is 10.3. The van der Waals surface area contributed by atoms with E-state index in [0.717, 1.165) is 0 Å². The van der Waals surface area contributed by atoms with E-state index < -0.39 is 7.60 Å².